The second kappa shape index (κ2) is 7.25. The van der Waals surface area contributed by atoms with Crippen LogP contribution in [0.5, 0.6) is 0 Å². The van der Waals surface area contributed by atoms with Crippen LogP contribution in [0.15, 0.2) is 30.8 Å². The summed E-state index contributed by atoms with van der Waals surface area (Å²) < 4.78 is 78.5. The summed E-state index contributed by atoms with van der Waals surface area (Å²) in [6.07, 6.45) is -10.6. The first-order valence-corrected chi connectivity index (χ1v) is 6.68. The van der Waals surface area contributed by atoms with E-state index in [-0.39, 0.29) is 12.8 Å². The van der Waals surface area contributed by atoms with Gasteiger partial charge in [-0.15, -0.1) is 0 Å². The lowest BCUT2D eigenvalue weighted by Crippen LogP contribution is -2.63. The van der Waals surface area contributed by atoms with Gasteiger partial charge in [0.05, 0.1) is 6.61 Å². The highest BCUT2D eigenvalue weighted by molar-refractivity contribution is 5.81. The van der Waals surface area contributed by atoms with E-state index >= 15 is 0 Å². The Kier molecular flexibility index (Phi) is 6.04. The van der Waals surface area contributed by atoms with E-state index in [9.17, 15) is 31.1 Å². The third kappa shape index (κ3) is 4.28. The zero-order valence-electron chi connectivity index (χ0n) is 12.2. The molecule has 24 heavy (non-hydrogen) atoms. The second-order valence-corrected chi connectivity index (χ2v) is 4.89. The zero-order chi connectivity index (χ0) is 18.6. The number of alkyl halides is 6. The third-order valence-electron chi connectivity index (χ3n) is 3.17. The lowest BCUT2D eigenvalue weighted by atomic mass is 10.0. The van der Waals surface area contributed by atoms with E-state index in [1.165, 1.54) is 0 Å². The molecule has 0 bridgehead atoms. The number of esters is 1. The number of hydrogen-bond acceptors (Lipinski definition) is 3. The Labute approximate surface area is 133 Å². The molecule has 0 radical (unpaired) electrons. The summed E-state index contributed by atoms with van der Waals surface area (Å²) in [7, 11) is 0. The highest BCUT2D eigenvalue weighted by Crippen LogP contribution is 2.43. The minimum Gasteiger partial charge on any atom is -0.463 e. The molecule has 0 unspecified atom stereocenters. The van der Waals surface area contributed by atoms with Crippen LogP contribution >= 0.6 is 0 Å². The van der Waals surface area contributed by atoms with Gasteiger partial charge in [-0.2, -0.15) is 26.3 Å². The lowest BCUT2D eigenvalue weighted by Gasteiger charge is -2.29. The van der Waals surface area contributed by atoms with Crippen LogP contribution < -0.4 is 0 Å². The van der Waals surface area contributed by atoms with Crippen LogP contribution in [0.2, 0.25) is 0 Å². The van der Waals surface area contributed by atoms with Gasteiger partial charge < -0.3 is 9.84 Å². The van der Waals surface area contributed by atoms with Gasteiger partial charge in [0.1, 0.15) is 0 Å². The van der Waals surface area contributed by atoms with Crippen molar-refractivity contribution in [3.63, 3.8) is 0 Å². The normalized spacial score (nSPS) is 12.8. The number of carbonyl (C=O) groups is 1. The highest BCUT2D eigenvalue weighted by atomic mass is 19.4. The monoisotopic (exact) mass is 356 g/mol. The van der Waals surface area contributed by atoms with Crippen LogP contribution in [-0.2, 0) is 16.0 Å². The average molecular weight is 356 g/mol. The fourth-order valence-corrected chi connectivity index (χ4v) is 1.76. The average Bonchev–Trinajstić information content (AvgIpc) is 2.48. The molecule has 0 saturated heterocycles. The van der Waals surface area contributed by atoms with Crippen molar-refractivity contribution in [3.8, 4) is 0 Å². The summed E-state index contributed by atoms with van der Waals surface area (Å²) in [5.41, 5.74) is -3.95. The Balaban J connectivity index is 2.62. The molecule has 1 aromatic rings. The number of aryl methyl sites for hydroxylation is 1. The molecule has 1 aromatic carbocycles. The van der Waals surface area contributed by atoms with Gasteiger partial charge in [-0.3, -0.25) is 0 Å². The molecule has 0 spiro atoms. The van der Waals surface area contributed by atoms with Crippen molar-refractivity contribution in [2.75, 3.05) is 6.61 Å². The standard InChI is InChI=1S/C15H14F6O3/c1-2-10-5-7-11(8-6-10)4-3-9-24-12(22)13(23,14(16,17)18)15(19,20)21/h2,5-8,23H,1,3-4,9H2. The molecule has 1 rings (SSSR count). The molecule has 0 fully saturated rings. The topological polar surface area (TPSA) is 46.5 Å². The van der Waals surface area contributed by atoms with E-state index in [1.807, 2.05) is 0 Å². The maximum atomic E-state index is 12.4. The molecule has 0 aliphatic rings. The highest BCUT2D eigenvalue weighted by Gasteiger charge is 2.76. The summed E-state index contributed by atoms with van der Waals surface area (Å²) >= 11 is 0. The quantitative estimate of drug-likeness (QED) is 0.481. The molecule has 1 N–H and O–H groups in total. The van der Waals surface area contributed by atoms with Gasteiger partial charge in [-0.1, -0.05) is 36.9 Å². The van der Waals surface area contributed by atoms with Crippen LogP contribution in [0, 0.1) is 0 Å². The maximum Gasteiger partial charge on any atom is 0.437 e. The number of aliphatic hydroxyl groups is 1. The van der Waals surface area contributed by atoms with Gasteiger partial charge in [0, 0.05) is 0 Å². The van der Waals surface area contributed by atoms with E-state index in [0.29, 0.717) is 0 Å². The molecule has 0 aliphatic heterocycles. The van der Waals surface area contributed by atoms with Gasteiger partial charge >= 0.3 is 23.9 Å². The molecular weight excluding hydrogens is 342 g/mol. The van der Waals surface area contributed by atoms with E-state index in [4.69, 9.17) is 5.11 Å². The molecule has 0 saturated carbocycles. The number of rotatable bonds is 6. The molecule has 0 aliphatic carbocycles. The number of ether oxygens (including phenoxy) is 1. The van der Waals surface area contributed by atoms with Gasteiger partial charge in [-0.05, 0) is 24.0 Å². The Morgan fingerprint density at radius 2 is 1.58 bits per heavy atom. The lowest BCUT2D eigenvalue weighted by molar-refractivity contribution is -0.356. The first-order valence-electron chi connectivity index (χ1n) is 6.68. The zero-order valence-corrected chi connectivity index (χ0v) is 12.2. The van der Waals surface area contributed by atoms with Gasteiger partial charge in [0.25, 0.3) is 0 Å². The maximum absolute atomic E-state index is 12.4. The molecule has 9 heteroatoms. The predicted octanol–water partition coefficient (Wildman–Crippen LogP) is 3.66. The number of hydrogen-bond donors (Lipinski definition) is 1. The Hall–Kier alpha value is -2.03. The summed E-state index contributed by atoms with van der Waals surface area (Å²) in [5, 5.41) is 8.79. The van der Waals surface area contributed by atoms with Crippen LogP contribution in [0.4, 0.5) is 26.3 Å². The van der Waals surface area contributed by atoms with Crippen molar-refractivity contribution >= 4 is 12.0 Å². The van der Waals surface area contributed by atoms with Gasteiger partial charge in [0.2, 0.25) is 0 Å². The SMILES string of the molecule is C=Cc1ccc(CCCOC(=O)C(O)(C(F)(F)F)C(F)(F)F)cc1. The smallest absolute Gasteiger partial charge is 0.437 e. The van der Waals surface area contributed by atoms with Crippen molar-refractivity contribution in [2.45, 2.75) is 30.8 Å². The number of benzene rings is 1. The minimum absolute atomic E-state index is 0.00896. The van der Waals surface area contributed by atoms with Crippen LogP contribution in [0.3, 0.4) is 0 Å². The Bertz CT molecular complexity index is 560. The molecule has 0 aromatic heterocycles. The van der Waals surface area contributed by atoms with Crippen LogP contribution in [0.25, 0.3) is 6.08 Å². The van der Waals surface area contributed by atoms with Crippen LogP contribution in [0.1, 0.15) is 17.5 Å². The van der Waals surface area contributed by atoms with Crippen molar-refractivity contribution in [2.24, 2.45) is 0 Å². The summed E-state index contributed by atoms with van der Waals surface area (Å²) in [4.78, 5) is 11.1. The fourth-order valence-electron chi connectivity index (χ4n) is 1.76. The Morgan fingerprint density at radius 1 is 1.08 bits per heavy atom. The number of carbonyl (C=O) groups excluding carboxylic acids is 1. The van der Waals surface area contributed by atoms with E-state index < -0.39 is 30.5 Å². The summed E-state index contributed by atoms with van der Waals surface area (Å²) in [6.45, 7) is 2.86. The molecule has 0 atom stereocenters. The summed E-state index contributed by atoms with van der Waals surface area (Å²) in [6, 6.07) is 6.84. The fraction of sp³-hybridized carbons (Fsp3) is 0.400. The van der Waals surface area contributed by atoms with Gasteiger partial charge in [0.15, 0.2) is 0 Å². The third-order valence-corrected chi connectivity index (χ3v) is 3.17. The first kappa shape index (κ1) is 20.0. The number of halogens is 6. The molecular formula is C15H14F6O3. The van der Waals surface area contributed by atoms with E-state index in [2.05, 4.69) is 11.3 Å². The van der Waals surface area contributed by atoms with Crippen molar-refractivity contribution in [3.05, 3.63) is 42.0 Å². The molecule has 0 heterocycles. The Morgan fingerprint density at radius 3 is 2.00 bits per heavy atom. The largest absolute Gasteiger partial charge is 0.463 e. The van der Waals surface area contributed by atoms with Crippen LogP contribution in [-0.4, -0.2) is 35.6 Å². The molecule has 3 nitrogen and oxygen atoms in total. The van der Waals surface area contributed by atoms with Crippen molar-refractivity contribution in [1.82, 2.24) is 0 Å². The second-order valence-electron chi connectivity index (χ2n) is 4.89. The van der Waals surface area contributed by atoms with Gasteiger partial charge in [-0.25, -0.2) is 4.79 Å². The minimum atomic E-state index is -6.23. The van der Waals surface area contributed by atoms with Crippen molar-refractivity contribution in [1.29, 1.82) is 0 Å². The first-order chi connectivity index (χ1) is 10.9. The van der Waals surface area contributed by atoms with E-state index in [1.54, 1.807) is 30.3 Å². The van der Waals surface area contributed by atoms with E-state index in [0.717, 1.165) is 11.1 Å². The molecule has 0 amide bonds. The molecule has 134 valence electrons. The van der Waals surface area contributed by atoms with Crippen molar-refractivity contribution < 1.29 is 41.0 Å². The predicted molar refractivity (Wildman–Crippen MR) is 72.9 cm³/mol. The summed E-state index contributed by atoms with van der Waals surface area (Å²) in [5.74, 6) is -2.79.